The minimum atomic E-state index is -2.45. The quantitative estimate of drug-likeness (QED) is 0.205. The molecule has 3 aliphatic rings. The first-order valence-corrected chi connectivity index (χ1v) is 23.1. The number of ether oxygens (including phenoxy) is 5. The number of ketones is 3. The molecule has 3 aliphatic heterocycles. The fourth-order valence-corrected chi connectivity index (χ4v) is 9.15. The summed E-state index contributed by atoms with van der Waals surface area (Å²) >= 11 is 0. The molecule has 1 aromatic rings. The van der Waals surface area contributed by atoms with E-state index in [0.29, 0.717) is 44.9 Å². The minimum Gasteiger partial charge on any atom is -0.504 e. The first kappa shape index (κ1) is 53.1. The Balaban J connectivity index is 1.73. The Hall–Kier alpha value is -4.47. The molecule has 1 amide bonds. The van der Waals surface area contributed by atoms with E-state index in [-0.39, 0.29) is 53.9 Å². The number of allylic oxidation sites excluding steroid dienone is 6. The zero-order chi connectivity index (χ0) is 48.2. The Bertz CT molecular complexity index is 1950. The van der Waals surface area contributed by atoms with Crippen molar-refractivity contribution in [2.24, 2.45) is 29.6 Å². The van der Waals surface area contributed by atoms with E-state index in [1.165, 1.54) is 20.3 Å². The maximum absolute atomic E-state index is 14.3. The lowest BCUT2D eigenvalue weighted by Gasteiger charge is -2.42. The summed E-state index contributed by atoms with van der Waals surface area (Å²) in [5.41, 5.74) is 1.88. The number of aromatic hydroxyl groups is 1. The topological polar surface area (TPSA) is 195 Å². The van der Waals surface area contributed by atoms with Crippen molar-refractivity contribution >= 4 is 29.2 Å². The lowest BCUT2D eigenvalue weighted by atomic mass is 9.85. The van der Waals surface area contributed by atoms with Gasteiger partial charge in [-0.15, -0.1) is 0 Å². The molecule has 2 fully saturated rings. The number of esters is 1. The number of methoxy groups -OCH3 is 3. The summed E-state index contributed by atoms with van der Waals surface area (Å²) in [6, 6.07) is 3.67. The second-order valence-electron chi connectivity index (χ2n) is 18.6. The lowest BCUT2D eigenvalue weighted by molar-refractivity contribution is -0.265. The molecular weight excluding hydrogens is 835 g/mol. The normalized spacial score (nSPS) is 33.7. The predicted octanol–water partition coefficient (Wildman–Crippen LogP) is 6.57. The number of Topliss-reactive ketones (excluding diaryl/α,β-unsaturated/α-hetero) is 3. The first-order chi connectivity index (χ1) is 30.7. The first-order valence-electron chi connectivity index (χ1n) is 23.1. The van der Waals surface area contributed by atoms with Gasteiger partial charge in [0.25, 0.3) is 11.7 Å². The molecule has 12 unspecified atom stereocenters. The van der Waals surface area contributed by atoms with Crippen molar-refractivity contribution < 1.29 is 63.0 Å². The van der Waals surface area contributed by atoms with Crippen LogP contribution in [0, 0.1) is 29.6 Å². The van der Waals surface area contributed by atoms with E-state index in [2.05, 4.69) is 0 Å². The maximum atomic E-state index is 14.3. The molecule has 0 aliphatic carbocycles. The van der Waals surface area contributed by atoms with E-state index in [1.807, 2.05) is 51.2 Å². The highest BCUT2D eigenvalue weighted by atomic mass is 16.6. The van der Waals surface area contributed by atoms with Crippen molar-refractivity contribution in [2.45, 2.75) is 149 Å². The van der Waals surface area contributed by atoms with Crippen LogP contribution in [-0.2, 0) is 49.3 Å². The Labute approximate surface area is 385 Å². The molecule has 14 nitrogen and oxygen atoms in total. The van der Waals surface area contributed by atoms with E-state index >= 15 is 0 Å². The number of carbonyl (C=O) groups excluding carboxylic acids is 5. The summed E-state index contributed by atoms with van der Waals surface area (Å²) in [6.07, 6.45) is 9.65. The third-order valence-corrected chi connectivity index (χ3v) is 13.4. The number of amides is 1. The van der Waals surface area contributed by atoms with E-state index < -0.39 is 83.7 Å². The monoisotopic (exact) mass is 908 g/mol. The number of aliphatic hydroxyl groups is 2. The fraction of sp³-hybridized carbons (Fsp3) is 0.627. The number of nitrogens with zero attached hydrogens (tertiary/aromatic N) is 1. The van der Waals surface area contributed by atoms with Gasteiger partial charge >= 0.3 is 5.97 Å². The number of rotatable bonds is 6. The van der Waals surface area contributed by atoms with Crippen molar-refractivity contribution in [2.75, 3.05) is 27.9 Å². The minimum absolute atomic E-state index is 0.0127. The molecule has 3 N–H and O–H groups in total. The maximum Gasteiger partial charge on any atom is 0.329 e. The van der Waals surface area contributed by atoms with Crippen LogP contribution in [0.3, 0.4) is 0 Å². The van der Waals surface area contributed by atoms with Crippen molar-refractivity contribution in [3.05, 3.63) is 71.4 Å². The summed E-state index contributed by atoms with van der Waals surface area (Å²) in [5, 5.41) is 33.6. The molecular formula is C51H73NO13. The second kappa shape index (κ2) is 24.3. The van der Waals surface area contributed by atoms with Gasteiger partial charge in [-0.2, -0.15) is 0 Å². The molecule has 0 radical (unpaired) electrons. The standard InChI is InChI=1S/C51H73NO13/c1-30-16-12-11-13-17-31(2)42(61-8)28-38-21-19-36(7)51(60,65-38)48(57)49(58)52-23-15-14-18-39(52)50(59)64-43(33(4)26-37-20-22-40(53)44(27-37)62-9)29-41(54)32(3)25-35(6)46(56)47(63-10)45(55)34(5)24-30/h11-13,16-17,20,22,25,27,30,33-36,38-39,42-43,46-47,53,56,60H,14-15,18-19,21,23-24,26,28-29H2,1-10H3/b13-11?,16-12?,31-17?,32-25+. The van der Waals surface area contributed by atoms with Crippen LogP contribution < -0.4 is 4.74 Å². The number of fused-ring (bicyclic) bond motifs is 3. The molecule has 0 aromatic heterocycles. The van der Waals surface area contributed by atoms with Crippen LogP contribution in [0.1, 0.15) is 105 Å². The van der Waals surface area contributed by atoms with Gasteiger partial charge in [-0.25, -0.2) is 4.79 Å². The van der Waals surface area contributed by atoms with Gasteiger partial charge in [0, 0.05) is 51.4 Å². The van der Waals surface area contributed by atoms with Crippen LogP contribution >= 0.6 is 0 Å². The van der Waals surface area contributed by atoms with Crippen LogP contribution in [0.25, 0.3) is 0 Å². The molecule has 0 saturated carbocycles. The third kappa shape index (κ3) is 13.8. The number of cyclic esters (lactones) is 1. The van der Waals surface area contributed by atoms with Gasteiger partial charge in [-0.05, 0) is 99.5 Å². The molecule has 4 rings (SSSR count). The summed E-state index contributed by atoms with van der Waals surface area (Å²) < 4.78 is 29.0. The Morgan fingerprint density at radius 2 is 1.65 bits per heavy atom. The number of hydrogen-bond acceptors (Lipinski definition) is 13. The summed E-state index contributed by atoms with van der Waals surface area (Å²) in [5.74, 6) is -8.22. The Morgan fingerprint density at radius 3 is 2.32 bits per heavy atom. The van der Waals surface area contributed by atoms with Gasteiger partial charge in [-0.1, -0.05) is 77.1 Å². The zero-order valence-electron chi connectivity index (χ0n) is 40.0. The number of phenolic OH excluding ortho intramolecular Hbond substituents is 1. The fourth-order valence-electron chi connectivity index (χ4n) is 9.15. The molecule has 1 aromatic carbocycles. The SMILES string of the molecule is COc1cc(CC(C)C2CC(=O)/C(C)=C/C(C)C(O)C(OC)C(=O)C(C)CC(C)C=CC=CC=C(C)C(OC)CC3CCC(C)C(O)(O3)C(=O)C(=O)N3CCCCC3C(=O)O2)ccc1O. The zero-order valence-corrected chi connectivity index (χ0v) is 40.0. The third-order valence-electron chi connectivity index (χ3n) is 13.4. The number of hydrogen-bond donors (Lipinski definition) is 3. The predicted molar refractivity (Wildman–Crippen MR) is 245 cm³/mol. The number of phenols is 1. The molecule has 14 heteroatoms. The molecule has 65 heavy (non-hydrogen) atoms. The lowest BCUT2D eigenvalue weighted by Crippen LogP contribution is -2.61. The molecule has 3 heterocycles. The van der Waals surface area contributed by atoms with Crippen molar-refractivity contribution in [1.29, 1.82) is 0 Å². The largest absolute Gasteiger partial charge is 0.504 e. The van der Waals surface area contributed by atoms with E-state index in [4.69, 9.17) is 23.7 Å². The highest BCUT2D eigenvalue weighted by molar-refractivity contribution is 6.39. The highest BCUT2D eigenvalue weighted by Crippen LogP contribution is 2.37. The van der Waals surface area contributed by atoms with E-state index in [1.54, 1.807) is 53.0 Å². The Kier molecular flexibility index (Phi) is 19.9. The van der Waals surface area contributed by atoms with Gasteiger partial charge in [0.2, 0.25) is 5.79 Å². The van der Waals surface area contributed by atoms with Crippen molar-refractivity contribution in [1.82, 2.24) is 4.90 Å². The van der Waals surface area contributed by atoms with Gasteiger partial charge < -0.3 is 43.9 Å². The summed E-state index contributed by atoms with van der Waals surface area (Å²) in [6.45, 7) is 12.5. The molecule has 0 spiro atoms. The molecule has 2 saturated heterocycles. The molecule has 360 valence electrons. The van der Waals surface area contributed by atoms with Crippen LogP contribution in [0.15, 0.2) is 65.8 Å². The van der Waals surface area contributed by atoms with Crippen LogP contribution in [0.4, 0.5) is 0 Å². The van der Waals surface area contributed by atoms with Crippen molar-refractivity contribution in [3.8, 4) is 11.5 Å². The summed E-state index contributed by atoms with van der Waals surface area (Å²) in [4.78, 5) is 71.6. The van der Waals surface area contributed by atoms with E-state index in [0.717, 1.165) is 16.0 Å². The van der Waals surface area contributed by atoms with Gasteiger partial charge in [0.15, 0.2) is 23.1 Å². The van der Waals surface area contributed by atoms with Crippen LogP contribution in [0.2, 0.25) is 0 Å². The average molecular weight is 908 g/mol. The van der Waals surface area contributed by atoms with Crippen LogP contribution in [-0.4, -0.2) is 120 Å². The van der Waals surface area contributed by atoms with Gasteiger partial charge in [-0.3, -0.25) is 19.2 Å². The average Bonchev–Trinajstić information content (AvgIpc) is 3.28. The number of benzene rings is 1. The summed E-state index contributed by atoms with van der Waals surface area (Å²) in [7, 11) is 4.37. The second-order valence-corrected chi connectivity index (χ2v) is 18.6. The van der Waals surface area contributed by atoms with Gasteiger partial charge in [0.1, 0.15) is 18.2 Å². The smallest absolute Gasteiger partial charge is 0.329 e. The molecule has 12 atom stereocenters. The highest BCUT2D eigenvalue weighted by Gasteiger charge is 2.53. The van der Waals surface area contributed by atoms with E-state index in [9.17, 15) is 39.3 Å². The number of aliphatic hydroxyl groups excluding tert-OH is 1. The van der Waals surface area contributed by atoms with Crippen molar-refractivity contribution in [3.63, 3.8) is 0 Å². The molecule has 2 bridgehead atoms. The number of carbonyl (C=O) groups is 5. The number of piperidine rings is 1. The Morgan fingerprint density at radius 1 is 0.923 bits per heavy atom. The van der Waals surface area contributed by atoms with Crippen LogP contribution in [0.5, 0.6) is 11.5 Å². The van der Waals surface area contributed by atoms with Gasteiger partial charge in [0.05, 0.1) is 25.4 Å².